The molecule has 66 heavy (non-hydrogen) atoms. The number of nitrogens with zero attached hydrogens (tertiary/aromatic N) is 3. The molecule has 1 radical (unpaired) electrons. The number of hydrogen-bond acceptors (Lipinski definition) is 0. The van der Waals surface area contributed by atoms with Crippen LogP contribution in [-0.4, -0.2) is 0 Å². The van der Waals surface area contributed by atoms with Gasteiger partial charge in [-0.25, -0.2) is 9.13 Å². The molecule has 0 saturated heterocycles. The second-order valence-electron chi connectivity index (χ2n) is 17.5. The molecule has 4 heteroatoms. The maximum atomic E-state index is 2.40. The summed E-state index contributed by atoms with van der Waals surface area (Å²) in [6, 6.07) is 73.5. The second kappa shape index (κ2) is 17.9. The number of rotatable bonds is 8. The molecule has 7 aromatic carbocycles. The Kier molecular flexibility index (Phi) is 11.5. The number of benzene rings is 7. The Hall–Kier alpha value is -7.36. The van der Waals surface area contributed by atoms with Gasteiger partial charge in [-0.2, -0.15) is 4.57 Å². The number of pyridine rings is 3. The molecule has 3 aromatic heterocycles. The summed E-state index contributed by atoms with van der Waals surface area (Å²) in [7, 11) is 4.31. The summed E-state index contributed by atoms with van der Waals surface area (Å²) < 4.78 is 6.93. The van der Waals surface area contributed by atoms with Gasteiger partial charge in [0.05, 0.1) is 5.56 Å². The Bertz CT molecular complexity index is 3320. The average molecular weight is 1030 g/mol. The van der Waals surface area contributed by atoms with Crippen LogP contribution in [0.4, 0.5) is 0 Å². The van der Waals surface area contributed by atoms with Gasteiger partial charge in [0.15, 0.2) is 25.1 Å². The van der Waals surface area contributed by atoms with E-state index in [0.29, 0.717) is 0 Å². The van der Waals surface area contributed by atoms with Crippen LogP contribution < -0.4 is 13.7 Å². The maximum absolute atomic E-state index is 2.40. The van der Waals surface area contributed by atoms with Crippen LogP contribution in [0.15, 0.2) is 219 Å². The number of fused-ring (bicyclic) bond motifs is 3. The minimum Gasteiger partial charge on any atom is -0.200 e. The SMILES string of the molecule is Cc1ccccc1-c1ccc(-c2ccccc2-c2cc(-c3ccccc3-c3ccc(-c4ccccc4C)[n+](C)c3)cc(-c3ccccc3-c3ccc4[n+](c3)Cc3ccccc3-4)c2)c[n+]1C.[Ir]. The largest absolute Gasteiger partial charge is 0.213 e. The predicted octanol–water partition coefficient (Wildman–Crippen LogP) is 13.6. The maximum Gasteiger partial charge on any atom is 0.213 e. The van der Waals surface area contributed by atoms with Crippen molar-refractivity contribution < 1.29 is 33.8 Å². The topological polar surface area (TPSA) is 11.6 Å². The zero-order chi connectivity index (χ0) is 44.0. The summed E-state index contributed by atoms with van der Waals surface area (Å²) in [4.78, 5) is 0. The molecule has 0 spiro atoms. The Morgan fingerprint density at radius 1 is 0.303 bits per heavy atom. The van der Waals surface area contributed by atoms with Crippen LogP contribution in [0.5, 0.6) is 0 Å². The van der Waals surface area contributed by atoms with Crippen LogP contribution in [0.3, 0.4) is 0 Å². The van der Waals surface area contributed by atoms with E-state index in [0.717, 1.165) is 6.54 Å². The molecular weight excluding hydrogens is 979 g/mol. The van der Waals surface area contributed by atoms with Crippen molar-refractivity contribution in [1.29, 1.82) is 0 Å². The molecule has 0 unspecified atom stereocenters. The van der Waals surface area contributed by atoms with Gasteiger partial charge in [0, 0.05) is 71.7 Å². The van der Waals surface area contributed by atoms with Crippen molar-refractivity contribution >= 4 is 0 Å². The summed E-state index contributed by atoms with van der Waals surface area (Å²) in [5, 5.41) is 0. The third-order valence-corrected chi connectivity index (χ3v) is 13.3. The van der Waals surface area contributed by atoms with E-state index in [2.05, 4.69) is 260 Å². The molecule has 1 aliphatic heterocycles. The van der Waals surface area contributed by atoms with Gasteiger partial charge in [0.2, 0.25) is 17.1 Å². The fraction of sp³-hybridized carbons (Fsp3) is 0.0806. The van der Waals surface area contributed by atoms with E-state index in [1.165, 1.54) is 117 Å². The van der Waals surface area contributed by atoms with Gasteiger partial charge < -0.3 is 0 Å². The molecule has 0 amide bonds. The van der Waals surface area contributed by atoms with Crippen molar-refractivity contribution in [3.63, 3.8) is 0 Å². The molecule has 0 fully saturated rings. The average Bonchev–Trinajstić information content (AvgIpc) is 3.72. The summed E-state index contributed by atoms with van der Waals surface area (Å²) in [6.45, 7) is 5.24. The number of hydrogen-bond donors (Lipinski definition) is 0. The molecule has 4 heterocycles. The molecule has 3 nitrogen and oxygen atoms in total. The predicted molar refractivity (Wildman–Crippen MR) is 266 cm³/mol. The van der Waals surface area contributed by atoms with Crippen molar-refractivity contribution in [2.24, 2.45) is 14.1 Å². The molecule has 0 saturated carbocycles. The molecular formula is C62H50IrN3+3. The Labute approximate surface area is 402 Å². The molecule has 10 aromatic rings. The van der Waals surface area contributed by atoms with E-state index in [4.69, 9.17) is 0 Å². The van der Waals surface area contributed by atoms with Crippen molar-refractivity contribution in [3.05, 3.63) is 235 Å². The molecule has 0 bridgehead atoms. The zero-order valence-electron chi connectivity index (χ0n) is 37.7. The molecule has 11 rings (SSSR count). The fourth-order valence-electron chi connectivity index (χ4n) is 10.0. The minimum atomic E-state index is 0. The van der Waals surface area contributed by atoms with E-state index in [9.17, 15) is 0 Å². The summed E-state index contributed by atoms with van der Waals surface area (Å²) in [6.07, 6.45) is 6.89. The van der Waals surface area contributed by atoms with E-state index in [-0.39, 0.29) is 20.1 Å². The smallest absolute Gasteiger partial charge is 0.200 e. The van der Waals surface area contributed by atoms with Gasteiger partial charge in [-0.3, -0.25) is 0 Å². The molecule has 1 aliphatic rings. The van der Waals surface area contributed by atoms with Crippen LogP contribution in [-0.2, 0) is 40.7 Å². The normalized spacial score (nSPS) is 11.5. The van der Waals surface area contributed by atoms with Gasteiger partial charge >= 0.3 is 0 Å². The molecule has 0 N–H and O–H groups in total. The fourth-order valence-corrected chi connectivity index (χ4v) is 10.0. The first-order chi connectivity index (χ1) is 31.9. The van der Waals surface area contributed by atoms with Gasteiger partial charge in [-0.15, -0.1) is 0 Å². The third-order valence-electron chi connectivity index (χ3n) is 13.3. The Morgan fingerprint density at radius 3 is 1.02 bits per heavy atom. The van der Waals surface area contributed by atoms with Gasteiger partial charge in [-0.05, 0) is 130 Å². The van der Waals surface area contributed by atoms with Crippen molar-refractivity contribution in [3.8, 4) is 101 Å². The van der Waals surface area contributed by atoms with Crippen LogP contribution in [0.1, 0.15) is 16.7 Å². The number of aryl methyl sites for hydroxylation is 4. The zero-order valence-corrected chi connectivity index (χ0v) is 40.1. The van der Waals surface area contributed by atoms with Crippen molar-refractivity contribution in [2.75, 3.05) is 0 Å². The first-order valence-corrected chi connectivity index (χ1v) is 22.6. The van der Waals surface area contributed by atoms with Crippen molar-refractivity contribution in [1.82, 2.24) is 0 Å². The Balaban J connectivity index is 0.00000511. The molecule has 319 valence electrons. The van der Waals surface area contributed by atoms with Crippen molar-refractivity contribution in [2.45, 2.75) is 20.4 Å². The van der Waals surface area contributed by atoms with Crippen LogP contribution in [0, 0.1) is 13.8 Å². The molecule has 0 aliphatic carbocycles. The molecule has 0 atom stereocenters. The number of aromatic nitrogens is 3. The second-order valence-corrected chi connectivity index (χ2v) is 17.5. The van der Waals surface area contributed by atoms with E-state index < -0.39 is 0 Å². The first kappa shape index (κ1) is 42.6. The Morgan fingerprint density at radius 2 is 0.621 bits per heavy atom. The standard InChI is InChI=1S/C62H50N3.Ir/c1-42-17-5-8-20-51(42)60-32-29-45(38-63(60)3)53-22-11-14-25-56(53)48-35-49(57-26-15-12-23-54(57)46-30-33-61(64(4)39-46)52-21-9-6-18-43(52)2)37-50(36-48)58-27-16-13-24-55(58)47-31-34-62-59-28-10-7-19-44(59)40-65(62)41-47;/h5-39,41H,40H2,1-4H3;/q+3;. The van der Waals surface area contributed by atoms with E-state index in [1.54, 1.807) is 0 Å². The summed E-state index contributed by atoms with van der Waals surface area (Å²) in [5.74, 6) is 0. The van der Waals surface area contributed by atoms with Gasteiger partial charge in [0.1, 0.15) is 14.1 Å². The van der Waals surface area contributed by atoms with E-state index in [1.807, 2.05) is 0 Å². The van der Waals surface area contributed by atoms with Gasteiger partial charge in [0.25, 0.3) is 0 Å². The van der Waals surface area contributed by atoms with Gasteiger partial charge in [-0.1, -0.05) is 127 Å². The van der Waals surface area contributed by atoms with E-state index >= 15 is 0 Å². The van der Waals surface area contributed by atoms with Crippen LogP contribution >= 0.6 is 0 Å². The quantitative estimate of drug-likeness (QED) is 0.134. The van der Waals surface area contributed by atoms with Crippen LogP contribution in [0.2, 0.25) is 0 Å². The summed E-state index contributed by atoms with van der Waals surface area (Å²) >= 11 is 0. The van der Waals surface area contributed by atoms with Crippen LogP contribution in [0.25, 0.3) is 101 Å². The summed E-state index contributed by atoms with van der Waals surface area (Å²) in [5.41, 5.74) is 25.6. The first-order valence-electron chi connectivity index (χ1n) is 22.6. The third kappa shape index (κ3) is 7.83. The minimum absolute atomic E-state index is 0. The monoisotopic (exact) mass is 1030 g/mol.